The van der Waals surface area contributed by atoms with Gasteiger partial charge in [-0.15, -0.1) is 0 Å². The maximum Gasteiger partial charge on any atom is 0.321 e. The molecular formula is C37H52N4O8. The van der Waals surface area contributed by atoms with Gasteiger partial charge in [-0.05, 0) is 76.3 Å². The zero-order valence-corrected chi connectivity index (χ0v) is 29.2. The van der Waals surface area contributed by atoms with Gasteiger partial charge in [0.1, 0.15) is 5.75 Å². The molecule has 268 valence electrons. The molecule has 4 atom stereocenters. The molecule has 12 nitrogen and oxygen atoms in total. The molecule has 2 heterocycles. The monoisotopic (exact) mass is 680 g/mol. The van der Waals surface area contributed by atoms with Crippen molar-refractivity contribution in [3.63, 3.8) is 0 Å². The summed E-state index contributed by atoms with van der Waals surface area (Å²) in [5, 5.41) is 16.2. The van der Waals surface area contributed by atoms with Crippen LogP contribution < -0.4 is 24.8 Å². The van der Waals surface area contributed by atoms with E-state index < -0.39 is 12.1 Å². The smallest absolute Gasteiger partial charge is 0.321 e. The number of aliphatic hydroxyl groups excluding tert-OH is 1. The molecular weight excluding hydrogens is 628 g/mol. The Morgan fingerprint density at radius 3 is 2.39 bits per heavy atom. The number of rotatable bonds is 7. The van der Waals surface area contributed by atoms with E-state index in [1.54, 1.807) is 60.2 Å². The fourth-order valence-corrected chi connectivity index (χ4v) is 6.62. The SMILES string of the molecule is C[C@H](CO)N1C[C@H](C)[C@@H](CN(C)C(=O)Nc2ccc3c(c2)OCO3)OCCCC[C@H](C)Oc2ccc(NC(=O)C3CCCCC3)cc2C1=O. The summed E-state index contributed by atoms with van der Waals surface area (Å²) in [5.41, 5.74) is 1.45. The van der Waals surface area contributed by atoms with Crippen molar-refractivity contribution < 1.29 is 38.4 Å². The molecule has 0 radical (unpaired) electrons. The average Bonchev–Trinajstić information content (AvgIpc) is 3.58. The lowest BCUT2D eigenvalue weighted by molar-refractivity contribution is -0.120. The summed E-state index contributed by atoms with van der Waals surface area (Å²) in [6.45, 7) is 6.70. The second-order valence-corrected chi connectivity index (χ2v) is 13.7. The van der Waals surface area contributed by atoms with Gasteiger partial charge in [-0.25, -0.2) is 4.79 Å². The molecule has 0 spiro atoms. The lowest BCUT2D eigenvalue weighted by Crippen LogP contribution is -2.48. The number of hydrogen-bond acceptors (Lipinski definition) is 8. The number of fused-ring (bicyclic) bond motifs is 2. The van der Waals surface area contributed by atoms with E-state index in [1.807, 2.05) is 13.8 Å². The number of amides is 4. The van der Waals surface area contributed by atoms with Crippen molar-refractivity contribution in [3.8, 4) is 17.2 Å². The number of anilines is 2. The van der Waals surface area contributed by atoms with Crippen LogP contribution in [-0.4, -0.2) is 91.1 Å². The summed E-state index contributed by atoms with van der Waals surface area (Å²) in [4.78, 5) is 44.0. The van der Waals surface area contributed by atoms with Gasteiger partial charge in [0.15, 0.2) is 11.5 Å². The number of benzene rings is 2. The summed E-state index contributed by atoms with van der Waals surface area (Å²) < 4.78 is 23.5. The van der Waals surface area contributed by atoms with Gasteiger partial charge in [0.25, 0.3) is 5.91 Å². The first-order valence-electron chi connectivity index (χ1n) is 17.7. The number of nitrogens with zero attached hydrogens (tertiary/aromatic N) is 2. The van der Waals surface area contributed by atoms with Gasteiger partial charge in [-0.2, -0.15) is 0 Å². The molecule has 3 aliphatic rings. The van der Waals surface area contributed by atoms with E-state index in [1.165, 1.54) is 0 Å². The minimum atomic E-state index is -0.513. The van der Waals surface area contributed by atoms with Crippen molar-refractivity contribution >= 4 is 29.2 Å². The quantitative estimate of drug-likeness (QED) is 0.329. The Morgan fingerprint density at radius 1 is 0.939 bits per heavy atom. The van der Waals surface area contributed by atoms with E-state index in [9.17, 15) is 19.5 Å². The second-order valence-electron chi connectivity index (χ2n) is 13.7. The molecule has 49 heavy (non-hydrogen) atoms. The molecule has 0 bridgehead atoms. The summed E-state index contributed by atoms with van der Waals surface area (Å²) in [7, 11) is 1.71. The molecule has 5 rings (SSSR count). The van der Waals surface area contributed by atoms with Gasteiger partial charge in [-0.1, -0.05) is 26.2 Å². The Morgan fingerprint density at radius 2 is 1.63 bits per heavy atom. The maximum atomic E-state index is 14.4. The van der Waals surface area contributed by atoms with Gasteiger partial charge in [-0.3, -0.25) is 9.59 Å². The van der Waals surface area contributed by atoms with Crippen molar-refractivity contribution in [2.45, 2.75) is 90.4 Å². The molecule has 2 aromatic rings. The first-order chi connectivity index (χ1) is 23.6. The van der Waals surface area contributed by atoms with Crippen LogP contribution in [0.15, 0.2) is 36.4 Å². The van der Waals surface area contributed by atoms with E-state index in [0.29, 0.717) is 40.8 Å². The summed E-state index contributed by atoms with van der Waals surface area (Å²) in [6, 6.07) is 9.66. The van der Waals surface area contributed by atoms with Gasteiger partial charge < -0.3 is 44.5 Å². The highest BCUT2D eigenvalue weighted by Crippen LogP contribution is 2.34. The van der Waals surface area contributed by atoms with Gasteiger partial charge in [0.05, 0.1) is 30.4 Å². The molecule has 3 N–H and O–H groups in total. The van der Waals surface area contributed by atoms with Crippen LogP contribution in [-0.2, 0) is 9.53 Å². The Bertz CT molecular complexity index is 1450. The van der Waals surface area contributed by atoms with Crippen LogP contribution >= 0.6 is 0 Å². The molecule has 4 amide bonds. The summed E-state index contributed by atoms with van der Waals surface area (Å²) in [6.07, 6.45) is 6.84. The molecule has 1 aliphatic carbocycles. The first kappa shape index (κ1) is 36.3. The second kappa shape index (κ2) is 17.1. The third kappa shape index (κ3) is 9.57. The minimum absolute atomic E-state index is 0.0249. The standard InChI is InChI=1S/C37H52N4O8/c1-24-20-41(25(2)22-42)36(44)30-18-28(38-35(43)27-11-6-5-7-12-27)13-15-31(30)49-26(3)10-8-9-17-46-34(24)21-40(4)37(45)39-29-14-16-32-33(19-29)48-23-47-32/h13-16,18-19,24-27,34,42H,5-12,17,20-23H2,1-4H3,(H,38,43)(H,39,45)/t24-,25+,26-,34+/m0/s1. The van der Waals surface area contributed by atoms with Crippen LogP contribution in [0.2, 0.25) is 0 Å². The molecule has 0 saturated heterocycles. The number of nitrogens with one attached hydrogen (secondary N) is 2. The third-order valence-electron chi connectivity index (χ3n) is 9.72. The topological polar surface area (TPSA) is 139 Å². The lowest BCUT2D eigenvalue weighted by atomic mass is 9.88. The zero-order valence-electron chi connectivity index (χ0n) is 29.2. The lowest BCUT2D eigenvalue weighted by Gasteiger charge is -2.35. The largest absolute Gasteiger partial charge is 0.490 e. The van der Waals surface area contributed by atoms with Crippen LogP contribution in [0.3, 0.4) is 0 Å². The van der Waals surface area contributed by atoms with Crippen LogP contribution in [0, 0.1) is 11.8 Å². The number of carbonyl (C=O) groups is 3. The molecule has 12 heteroatoms. The number of likely N-dealkylation sites (N-methyl/N-ethyl adjacent to an activating group) is 1. The van der Waals surface area contributed by atoms with Crippen LogP contribution in [0.4, 0.5) is 16.2 Å². The van der Waals surface area contributed by atoms with Crippen molar-refractivity contribution in [1.29, 1.82) is 0 Å². The van der Waals surface area contributed by atoms with Crippen molar-refractivity contribution in [1.82, 2.24) is 9.80 Å². The van der Waals surface area contributed by atoms with Gasteiger partial charge in [0, 0.05) is 56.0 Å². The highest BCUT2D eigenvalue weighted by atomic mass is 16.7. The summed E-state index contributed by atoms with van der Waals surface area (Å²) in [5.74, 6) is 1.08. The molecule has 1 fully saturated rings. The Labute approximate surface area is 289 Å². The molecule has 2 aromatic carbocycles. The number of hydrogen-bond donors (Lipinski definition) is 3. The zero-order chi connectivity index (χ0) is 34.9. The van der Waals surface area contributed by atoms with E-state index in [0.717, 1.165) is 51.4 Å². The average molecular weight is 681 g/mol. The van der Waals surface area contributed by atoms with Gasteiger partial charge in [0.2, 0.25) is 12.7 Å². The first-order valence-corrected chi connectivity index (χ1v) is 17.7. The number of urea groups is 1. The maximum absolute atomic E-state index is 14.4. The minimum Gasteiger partial charge on any atom is -0.490 e. The summed E-state index contributed by atoms with van der Waals surface area (Å²) >= 11 is 0. The Kier molecular flexibility index (Phi) is 12.6. The van der Waals surface area contributed by atoms with E-state index >= 15 is 0 Å². The number of carbonyl (C=O) groups excluding carboxylic acids is 3. The van der Waals surface area contributed by atoms with Crippen molar-refractivity contribution in [3.05, 3.63) is 42.0 Å². The number of ether oxygens (including phenoxy) is 4. The highest BCUT2D eigenvalue weighted by molar-refractivity contribution is 6.00. The molecule has 1 saturated carbocycles. The predicted molar refractivity (Wildman–Crippen MR) is 186 cm³/mol. The van der Waals surface area contributed by atoms with Crippen molar-refractivity contribution in [2.75, 3.05) is 50.8 Å². The van der Waals surface area contributed by atoms with E-state index in [2.05, 4.69) is 10.6 Å². The normalized spacial score (nSPS) is 22.7. The fraction of sp³-hybridized carbons (Fsp3) is 0.595. The Balaban J connectivity index is 1.35. The highest BCUT2D eigenvalue weighted by Gasteiger charge is 2.31. The third-order valence-corrected chi connectivity index (χ3v) is 9.72. The molecule has 2 aliphatic heterocycles. The molecule has 0 unspecified atom stereocenters. The van der Waals surface area contributed by atoms with Gasteiger partial charge >= 0.3 is 6.03 Å². The Hall–Kier alpha value is -4.03. The number of aliphatic hydroxyl groups is 1. The van der Waals surface area contributed by atoms with Crippen LogP contribution in [0.1, 0.15) is 82.5 Å². The van der Waals surface area contributed by atoms with E-state index in [4.69, 9.17) is 18.9 Å². The molecule has 0 aromatic heterocycles. The van der Waals surface area contributed by atoms with Crippen LogP contribution in [0.5, 0.6) is 17.2 Å². The van der Waals surface area contributed by atoms with Crippen LogP contribution in [0.25, 0.3) is 0 Å². The predicted octanol–water partition coefficient (Wildman–Crippen LogP) is 5.89. The van der Waals surface area contributed by atoms with E-state index in [-0.39, 0.29) is 62.3 Å². The van der Waals surface area contributed by atoms with Crippen molar-refractivity contribution in [2.24, 2.45) is 11.8 Å². The fourth-order valence-electron chi connectivity index (χ4n) is 6.62.